The van der Waals surface area contributed by atoms with Crippen molar-refractivity contribution in [2.45, 2.75) is 32.4 Å². The predicted molar refractivity (Wildman–Crippen MR) is 80.1 cm³/mol. The van der Waals surface area contributed by atoms with E-state index in [9.17, 15) is 8.42 Å². The second kappa shape index (κ2) is 6.67. The molecule has 1 aliphatic rings. The van der Waals surface area contributed by atoms with E-state index in [1.165, 1.54) is 4.31 Å². The van der Waals surface area contributed by atoms with Crippen LogP contribution in [0.2, 0.25) is 0 Å². The Morgan fingerprint density at radius 2 is 1.85 bits per heavy atom. The van der Waals surface area contributed by atoms with Crippen molar-refractivity contribution in [2.24, 2.45) is 5.73 Å². The van der Waals surface area contributed by atoms with Crippen LogP contribution < -0.4 is 5.73 Å². The number of rotatable bonds is 5. The number of nitrogens with two attached hydrogens (primary N) is 1. The van der Waals surface area contributed by atoms with Gasteiger partial charge in [-0.1, -0.05) is 30.7 Å². The number of piperidine rings is 1. The minimum absolute atomic E-state index is 0.382. The summed E-state index contributed by atoms with van der Waals surface area (Å²) in [5.74, 6) is 0. The summed E-state index contributed by atoms with van der Waals surface area (Å²) in [6.45, 7) is 2.12. The van der Waals surface area contributed by atoms with Crippen molar-refractivity contribution >= 4 is 10.2 Å². The molecular weight excluding hydrogens is 274 g/mol. The highest BCUT2D eigenvalue weighted by Gasteiger charge is 2.27. The van der Waals surface area contributed by atoms with E-state index >= 15 is 0 Å². The summed E-state index contributed by atoms with van der Waals surface area (Å²) in [6, 6.07) is 7.76. The highest BCUT2D eigenvalue weighted by atomic mass is 32.2. The second-order valence-corrected chi connectivity index (χ2v) is 7.28. The molecule has 0 bridgehead atoms. The molecule has 0 amide bonds. The van der Waals surface area contributed by atoms with Crippen LogP contribution in [0.4, 0.5) is 0 Å². The van der Waals surface area contributed by atoms with E-state index < -0.39 is 10.2 Å². The molecule has 1 aromatic rings. The molecule has 0 unspecified atom stereocenters. The quantitative estimate of drug-likeness (QED) is 0.891. The average Bonchev–Trinajstić information content (AvgIpc) is 2.48. The Kier molecular flexibility index (Phi) is 5.15. The fourth-order valence-electron chi connectivity index (χ4n) is 2.49. The van der Waals surface area contributed by atoms with Crippen LogP contribution in [0.15, 0.2) is 24.3 Å². The van der Waals surface area contributed by atoms with Gasteiger partial charge in [-0.15, -0.1) is 0 Å². The van der Waals surface area contributed by atoms with Gasteiger partial charge in [0, 0.05) is 33.2 Å². The van der Waals surface area contributed by atoms with Crippen molar-refractivity contribution in [3.63, 3.8) is 0 Å². The molecule has 1 saturated heterocycles. The first kappa shape index (κ1) is 15.4. The summed E-state index contributed by atoms with van der Waals surface area (Å²) in [5.41, 5.74) is 7.60. The minimum Gasteiger partial charge on any atom is -0.326 e. The lowest BCUT2D eigenvalue weighted by molar-refractivity contribution is 0.314. The lowest BCUT2D eigenvalue weighted by Crippen LogP contribution is -2.44. The maximum absolute atomic E-state index is 12.5. The second-order valence-electron chi connectivity index (χ2n) is 5.25. The number of benzene rings is 1. The number of hydrogen-bond acceptors (Lipinski definition) is 3. The van der Waals surface area contributed by atoms with E-state index in [4.69, 9.17) is 5.73 Å². The highest BCUT2D eigenvalue weighted by molar-refractivity contribution is 7.86. The zero-order chi connectivity index (χ0) is 14.6. The van der Waals surface area contributed by atoms with E-state index in [2.05, 4.69) is 0 Å². The molecule has 0 saturated carbocycles. The van der Waals surface area contributed by atoms with Gasteiger partial charge in [0.05, 0.1) is 0 Å². The molecule has 0 aromatic heterocycles. The van der Waals surface area contributed by atoms with Crippen molar-refractivity contribution < 1.29 is 8.42 Å². The molecule has 0 radical (unpaired) electrons. The molecule has 1 heterocycles. The van der Waals surface area contributed by atoms with Crippen LogP contribution in [-0.4, -0.2) is 37.2 Å². The molecule has 20 heavy (non-hydrogen) atoms. The summed E-state index contributed by atoms with van der Waals surface area (Å²) >= 11 is 0. The molecule has 1 aliphatic heterocycles. The van der Waals surface area contributed by atoms with Crippen molar-refractivity contribution in [3.8, 4) is 0 Å². The van der Waals surface area contributed by atoms with Crippen LogP contribution in [0.5, 0.6) is 0 Å². The van der Waals surface area contributed by atoms with E-state index in [1.807, 2.05) is 24.3 Å². The van der Waals surface area contributed by atoms with E-state index in [-0.39, 0.29) is 0 Å². The van der Waals surface area contributed by atoms with Gasteiger partial charge in [-0.2, -0.15) is 17.0 Å². The highest BCUT2D eigenvalue weighted by Crippen LogP contribution is 2.17. The zero-order valence-corrected chi connectivity index (χ0v) is 12.8. The molecule has 2 N–H and O–H groups in total. The molecular formula is C14H23N3O2S. The van der Waals surface area contributed by atoms with Gasteiger partial charge in [-0.05, 0) is 24.0 Å². The first-order valence-electron chi connectivity index (χ1n) is 7.03. The summed E-state index contributed by atoms with van der Waals surface area (Å²) in [6.07, 6.45) is 3.03. The van der Waals surface area contributed by atoms with Gasteiger partial charge >= 0.3 is 0 Å². The standard InChI is InChI=1S/C14H23N3O2S/c1-16(12-14-7-5-6-13(10-14)11-15)20(18,19)17-8-3-2-4-9-17/h5-7,10H,2-4,8-9,11-12,15H2,1H3. The average molecular weight is 297 g/mol. The third kappa shape index (κ3) is 3.58. The zero-order valence-electron chi connectivity index (χ0n) is 12.0. The van der Waals surface area contributed by atoms with Gasteiger partial charge < -0.3 is 5.73 Å². The van der Waals surface area contributed by atoms with Crippen LogP contribution in [-0.2, 0) is 23.3 Å². The van der Waals surface area contributed by atoms with E-state index in [0.717, 1.165) is 30.4 Å². The predicted octanol–water partition coefficient (Wildman–Crippen LogP) is 1.31. The third-order valence-corrected chi connectivity index (χ3v) is 5.60. The summed E-state index contributed by atoms with van der Waals surface area (Å²) in [4.78, 5) is 0. The maximum atomic E-state index is 12.5. The largest absolute Gasteiger partial charge is 0.326 e. The summed E-state index contributed by atoms with van der Waals surface area (Å²) in [5, 5.41) is 0. The molecule has 0 atom stereocenters. The number of hydrogen-bond donors (Lipinski definition) is 1. The molecule has 1 aromatic carbocycles. The Morgan fingerprint density at radius 3 is 2.50 bits per heavy atom. The van der Waals surface area contributed by atoms with Crippen molar-refractivity contribution in [1.82, 2.24) is 8.61 Å². The minimum atomic E-state index is -3.34. The Labute approximate surface area is 121 Å². The van der Waals surface area contributed by atoms with Crippen LogP contribution in [0, 0.1) is 0 Å². The first-order valence-corrected chi connectivity index (χ1v) is 8.43. The molecule has 0 aliphatic carbocycles. The fourth-order valence-corrected chi connectivity index (χ4v) is 3.91. The number of nitrogens with zero attached hydrogens (tertiary/aromatic N) is 2. The van der Waals surface area contributed by atoms with Crippen LogP contribution in [0.25, 0.3) is 0 Å². The molecule has 6 heteroatoms. The van der Waals surface area contributed by atoms with Gasteiger partial charge in [-0.3, -0.25) is 0 Å². The van der Waals surface area contributed by atoms with Crippen LogP contribution >= 0.6 is 0 Å². The molecule has 0 spiro atoms. The van der Waals surface area contributed by atoms with Gasteiger partial charge in [-0.25, -0.2) is 0 Å². The van der Waals surface area contributed by atoms with Crippen LogP contribution in [0.1, 0.15) is 30.4 Å². The lowest BCUT2D eigenvalue weighted by atomic mass is 10.1. The SMILES string of the molecule is CN(Cc1cccc(CN)c1)S(=O)(=O)N1CCCCC1. The topological polar surface area (TPSA) is 66.6 Å². The Balaban J connectivity index is 2.07. The van der Waals surface area contributed by atoms with Crippen molar-refractivity contribution in [3.05, 3.63) is 35.4 Å². The Hall–Kier alpha value is -0.950. The first-order chi connectivity index (χ1) is 9.54. The van der Waals surface area contributed by atoms with E-state index in [1.54, 1.807) is 11.4 Å². The summed E-state index contributed by atoms with van der Waals surface area (Å²) < 4.78 is 28.0. The van der Waals surface area contributed by atoms with Gasteiger partial charge in [0.15, 0.2) is 0 Å². The molecule has 5 nitrogen and oxygen atoms in total. The van der Waals surface area contributed by atoms with Gasteiger partial charge in [0.2, 0.25) is 0 Å². The Morgan fingerprint density at radius 1 is 1.20 bits per heavy atom. The van der Waals surface area contributed by atoms with Gasteiger partial charge in [0.1, 0.15) is 0 Å². The molecule has 112 valence electrons. The van der Waals surface area contributed by atoms with Gasteiger partial charge in [0.25, 0.3) is 10.2 Å². The van der Waals surface area contributed by atoms with Crippen LogP contribution in [0.3, 0.4) is 0 Å². The smallest absolute Gasteiger partial charge is 0.282 e. The summed E-state index contributed by atoms with van der Waals surface area (Å²) in [7, 11) is -1.71. The normalized spacial score (nSPS) is 17.6. The van der Waals surface area contributed by atoms with Crippen molar-refractivity contribution in [1.29, 1.82) is 0 Å². The monoisotopic (exact) mass is 297 g/mol. The van der Waals surface area contributed by atoms with E-state index in [0.29, 0.717) is 26.2 Å². The molecule has 1 fully saturated rings. The maximum Gasteiger partial charge on any atom is 0.282 e. The van der Waals surface area contributed by atoms with Crippen molar-refractivity contribution in [2.75, 3.05) is 20.1 Å². The fraction of sp³-hybridized carbons (Fsp3) is 0.571. The molecule has 2 rings (SSSR count). The third-order valence-electron chi connectivity index (χ3n) is 3.67. The lowest BCUT2D eigenvalue weighted by Gasteiger charge is -2.30. The Bertz CT molecular complexity index is 539.